The smallest absolute Gasteiger partial charge is 0.343 e. The molecule has 6 nitrogen and oxygen atoms in total. The van der Waals surface area contributed by atoms with Gasteiger partial charge in [-0.2, -0.15) is 4.31 Å². The summed E-state index contributed by atoms with van der Waals surface area (Å²) in [6.45, 7) is 8.16. The number of ether oxygens (including phenoxy) is 2. The molecular formula is C21H25NO5S. The van der Waals surface area contributed by atoms with Crippen LogP contribution in [-0.2, 0) is 14.8 Å². The average molecular weight is 404 g/mol. The second kappa shape index (κ2) is 8.03. The van der Waals surface area contributed by atoms with Crippen molar-refractivity contribution in [1.82, 2.24) is 4.31 Å². The molecule has 2 atom stereocenters. The number of esters is 1. The fourth-order valence-corrected chi connectivity index (χ4v) is 4.84. The summed E-state index contributed by atoms with van der Waals surface area (Å²) in [5, 5.41) is 0. The molecule has 0 spiro atoms. The van der Waals surface area contributed by atoms with Crippen LogP contribution < -0.4 is 4.74 Å². The summed E-state index contributed by atoms with van der Waals surface area (Å²) in [6.07, 6.45) is -0.368. The summed E-state index contributed by atoms with van der Waals surface area (Å²) < 4.78 is 38.5. The van der Waals surface area contributed by atoms with Gasteiger partial charge in [0, 0.05) is 13.1 Å². The Morgan fingerprint density at radius 2 is 1.71 bits per heavy atom. The number of aryl methyl sites for hydroxylation is 2. The summed E-state index contributed by atoms with van der Waals surface area (Å²) in [5.41, 5.74) is 2.30. The lowest BCUT2D eigenvalue weighted by atomic mass is 10.1. The third-order valence-corrected chi connectivity index (χ3v) is 6.61. The van der Waals surface area contributed by atoms with Crippen molar-refractivity contribution < 1.29 is 22.7 Å². The van der Waals surface area contributed by atoms with Gasteiger partial charge < -0.3 is 9.47 Å². The highest BCUT2D eigenvalue weighted by atomic mass is 32.2. The summed E-state index contributed by atoms with van der Waals surface area (Å²) in [7, 11) is -3.72. The van der Waals surface area contributed by atoms with E-state index in [0.29, 0.717) is 5.75 Å². The van der Waals surface area contributed by atoms with Crippen molar-refractivity contribution in [3.63, 3.8) is 0 Å². The normalized spacial score (nSPS) is 20.7. The maximum Gasteiger partial charge on any atom is 0.343 e. The summed E-state index contributed by atoms with van der Waals surface area (Å²) in [4.78, 5) is 12.6. The van der Waals surface area contributed by atoms with E-state index >= 15 is 0 Å². The van der Waals surface area contributed by atoms with Gasteiger partial charge in [-0.25, -0.2) is 13.2 Å². The van der Waals surface area contributed by atoms with Crippen molar-refractivity contribution in [2.45, 2.75) is 44.8 Å². The van der Waals surface area contributed by atoms with Crippen molar-refractivity contribution in [2.24, 2.45) is 0 Å². The van der Waals surface area contributed by atoms with E-state index < -0.39 is 16.0 Å². The Hall–Kier alpha value is -2.22. The minimum atomic E-state index is -3.72. The van der Waals surface area contributed by atoms with Gasteiger partial charge in [0.25, 0.3) is 0 Å². The van der Waals surface area contributed by atoms with E-state index in [4.69, 9.17) is 9.47 Å². The average Bonchev–Trinajstić information content (AvgIpc) is 2.64. The maximum atomic E-state index is 13.0. The van der Waals surface area contributed by atoms with E-state index in [1.165, 1.54) is 16.4 Å². The van der Waals surface area contributed by atoms with Gasteiger partial charge in [-0.3, -0.25) is 0 Å². The topological polar surface area (TPSA) is 72.9 Å². The minimum Gasteiger partial charge on any atom is -0.423 e. The molecule has 0 saturated carbocycles. The van der Waals surface area contributed by atoms with Crippen LogP contribution in [0, 0.1) is 13.8 Å². The van der Waals surface area contributed by atoms with E-state index in [9.17, 15) is 13.2 Å². The van der Waals surface area contributed by atoms with Crippen LogP contribution >= 0.6 is 0 Å². The van der Waals surface area contributed by atoms with Gasteiger partial charge in [-0.1, -0.05) is 12.1 Å². The SMILES string of the molecule is Cc1ccc(OC(=O)c2cccc(S(=O)(=O)N3C[C@H](C)O[C@@H](C)C3)c2)cc1C. The first-order chi connectivity index (χ1) is 13.2. The predicted molar refractivity (Wildman–Crippen MR) is 106 cm³/mol. The van der Waals surface area contributed by atoms with Crippen LogP contribution in [0.3, 0.4) is 0 Å². The zero-order valence-electron chi connectivity index (χ0n) is 16.5. The molecular weight excluding hydrogens is 378 g/mol. The number of morpholine rings is 1. The fraction of sp³-hybridized carbons (Fsp3) is 0.381. The first kappa shape index (κ1) is 20.5. The number of hydrogen-bond acceptors (Lipinski definition) is 5. The van der Waals surface area contributed by atoms with E-state index in [0.717, 1.165) is 11.1 Å². The van der Waals surface area contributed by atoms with Crippen molar-refractivity contribution in [1.29, 1.82) is 0 Å². The lowest BCUT2D eigenvalue weighted by Gasteiger charge is -2.34. The van der Waals surface area contributed by atoms with E-state index in [-0.39, 0.29) is 35.8 Å². The molecule has 150 valence electrons. The number of carbonyl (C=O) groups excluding carboxylic acids is 1. The van der Waals surface area contributed by atoms with Crippen LogP contribution in [0.25, 0.3) is 0 Å². The Morgan fingerprint density at radius 1 is 1.04 bits per heavy atom. The molecule has 3 rings (SSSR count). The predicted octanol–water partition coefficient (Wildman–Crippen LogP) is 3.32. The molecule has 1 saturated heterocycles. The molecule has 7 heteroatoms. The van der Waals surface area contributed by atoms with Gasteiger partial charge >= 0.3 is 5.97 Å². The lowest BCUT2D eigenvalue weighted by Crippen LogP contribution is -2.48. The highest BCUT2D eigenvalue weighted by Gasteiger charge is 2.32. The number of rotatable bonds is 4. The molecule has 2 aromatic rings. The van der Waals surface area contributed by atoms with Crippen molar-refractivity contribution in [3.05, 3.63) is 59.2 Å². The Morgan fingerprint density at radius 3 is 2.36 bits per heavy atom. The molecule has 2 aromatic carbocycles. The van der Waals surface area contributed by atoms with Crippen LogP contribution in [-0.4, -0.2) is 44.0 Å². The molecule has 0 aliphatic carbocycles. The van der Waals surface area contributed by atoms with Crippen LogP contribution in [0.15, 0.2) is 47.4 Å². The Balaban J connectivity index is 1.83. The zero-order valence-corrected chi connectivity index (χ0v) is 17.3. The number of sulfonamides is 1. The zero-order chi connectivity index (χ0) is 20.5. The third kappa shape index (κ3) is 4.43. The molecule has 0 amide bonds. The summed E-state index contributed by atoms with van der Waals surface area (Å²) >= 11 is 0. The van der Waals surface area contributed by atoms with E-state index in [1.807, 2.05) is 33.8 Å². The Kier molecular flexibility index (Phi) is 5.88. The van der Waals surface area contributed by atoms with Gasteiger partial charge in [0.15, 0.2) is 0 Å². The Bertz CT molecular complexity index is 976. The summed E-state index contributed by atoms with van der Waals surface area (Å²) in [5.74, 6) is -0.166. The number of hydrogen-bond donors (Lipinski definition) is 0. The van der Waals surface area contributed by atoms with Crippen molar-refractivity contribution in [2.75, 3.05) is 13.1 Å². The lowest BCUT2D eigenvalue weighted by molar-refractivity contribution is -0.0440. The van der Waals surface area contributed by atoms with Gasteiger partial charge in [-0.05, 0) is 69.2 Å². The first-order valence-corrected chi connectivity index (χ1v) is 10.7. The molecule has 1 aliphatic rings. The van der Waals surface area contributed by atoms with Gasteiger partial charge in [0.05, 0.1) is 22.7 Å². The van der Waals surface area contributed by atoms with Gasteiger partial charge in [0.1, 0.15) is 5.75 Å². The monoisotopic (exact) mass is 403 g/mol. The Labute approximate surface area is 166 Å². The molecule has 1 aliphatic heterocycles. The molecule has 0 radical (unpaired) electrons. The first-order valence-electron chi connectivity index (χ1n) is 9.22. The number of nitrogens with zero attached hydrogens (tertiary/aromatic N) is 1. The largest absolute Gasteiger partial charge is 0.423 e. The van der Waals surface area contributed by atoms with Crippen molar-refractivity contribution >= 4 is 16.0 Å². The van der Waals surface area contributed by atoms with Gasteiger partial charge in [-0.15, -0.1) is 0 Å². The maximum absolute atomic E-state index is 13.0. The standard InChI is InChI=1S/C21H25NO5S/c1-14-8-9-19(10-15(14)2)27-21(23)18-6-5-7-20(11-18)28(24,25)22-12-16(3)26-17(4)13-22/h5-11,16-17H,12-13H2,1-4H3/t16-,17-/m0/s1. The highest BCUT2D eigenvalue weighted by Crippen LogP contribution is 2.23. The second-order valence-corrected chi connectivity index (χ2v) is 9.18. The van der Waals surface area contributed by atoms with Crippen LogP contribution in [0.1, 0.15) is 35.3 Å². The number of benzene rings is 2. The fourth-order valence-electron chi connectivity index (χ4n) is 3.20. The quantitative estimate of drug-likeness (QED) is 0.578. The molecule has 28 heavy (non-hydrogen) atoms. The van der Waals surface area contributed by atoms with Gasteiger partial charge in [0.2, 0.25) is 10.0 Å². The molecule has 0 aromatic heterocycles. The molecule has 0 N–H and O–H groups in total. The third-order valence-electron chi connectivity index (χ3n) is 4.78. The van der Waals surface area contributed by atoms with Crippen LogP contribution in [0.4, 0.5) is 0 Å². The molecule has 1 fully saturated rings. The van der Waals surface area contributed by atoms with Crippen molar-refractivity contribution in [3.8, 4) is 5.75 Å². The molecule has 0 unspecified atom stereocenters. The molecule has 1 heterocycles. The van der Waals surface area contributed by atoms with E-state index in [2.05, 4.69) is 0 Å². The molecule has 0 bridgehead atoms. The number of carbonyl (C=O) groups is 1. The summed E-state index contributed by atoms with van der Waals surface area (Å²) in [6, 6.07) is 11.3. The minimum absolute atomic E-state index is 0.0725. The van der Waals surface area contributed by atoms with Crippen LogP contribution in [0.2, 0.25) is 0 Å². The van der Waals surface area contributed by atoms with Crippen LogP contribution in [0.5, 0.6) is 5.75 Å². The second-order valence-electron chi connectivity index (χ2n) is 7.24. The highest BCUT2D eigenvalue weighted by molar-refractivity contribution is 7.89. The van der Waals surface area contributed by atoms with E-state index in [1.54, 1.807) is 24.3 Å².